The maximum Gasteiger partial charge on any atom is 0.410 e. The minimum Gasteiger partial charge on any atom is -0.480 e. The molecule has 2 aliphatic heterocycles. The number of anilines is 2. The Morgan fingerprint density at radius 1 is 1.08 bits per heavy atom. The molecule has 1 saturated carbocycles. The van der Waals surface area contributed by atoms with E-state index in [4.69, 9.17) is 27.9 Å². The molecule has 2 atom stereocenters. The molecule has 3 aromatic rings. The number of carbonyl (C=O) groups excluding carboxylic acids is 4. The lowest BCUT2D eigenvalue weighted by atomic mass is 9.91. The van der Waals surface area contributed by atoms with E-state index in [0.717, 1.165) is 0 Å². The molecule has 0 radical (unpaired) electrons. The van der Waals surface area contributed by atoms with Crippen molar-refractivity contribution in [1.29, 1.82) is 5.26 Å². The third-order valence-electron chi connectivity index (χ3n) is 9.16. The Labute approximate surface area is 303 Å². The van der Waals surface area contributed by atoms with Crippen molar-refractivity contribution >= 4 is 64.6 Å². The number of benzene rings is 2. The number of nitriles is 1. The molecule has 2 aromatic carbocycles. The van der Waals surface area contributed by atoms with Crippen molar-refractivity contribution < 1.29 is 33.8 Å². The number of aliphatic carboxylic acids is 1. The van der Waals surface area contributed by atoms with E-state index in [-0.39, 0.29) is 60.6 Å². The second kappa shape index (κ2) is 12.9. The summed E-state index contributed by atoms with van der Waals surface area (Å²) in [6.07, 6.45) is 1.25. The Hall–Kier alpha value is -5.13. The summed E-state index contributed by atoms with van der Waals surface area (Å²) in [5, 5.41) is 22.7. The largest absolute Gasteiger partial charge is 0.480 e. The van der Waals surface area contributed by atoms with Crippen LogP contribution in [-0.4, -0.2) is 91.1 Å². The number of hydrogen-bond acceptors (Lipinski definition) is 8. The summed E-state index contributed by atoms with van der Waals surface area (Å²) in [6, 6.07) is 12.1. The zero-order chi connectivity index (χ0) is 37.0. The monoisotopic (exact) mass is 735 g/mol. The van der Waals surface area contributed by atoms with E-state index in [1.54, 1.807) is 64.1 Å². The van der Waals surface area contributed by atoms with Gasteiger partial charge in [-0.15, -0.1) is 0 Å². The number of amides is 4. The molecule has 4 amide bonds. The highest BCUT2D eigenvalue weighted by Gasteiger charge is 2.57. The molecule has 2 N–H and O–H groups in total. The summed E-state index contributed by atoms with van der Waals surface area (Å²) >= 11 is 12.6. The minimum atomic E-state index is -1.41. The van der Waals surface area contributed by atoms with E-state index < -0.39 is 52.5 Å². The molecule has 51 heavy (non-hydrogen) atoms. The smallest absolute Gasteiger partial charge is 0.410 e. The van der Waals surface area contributed by atoms with Crippen LogP contribution in [0.3, 0.4) is 0 Å². The molecule has 2 fully saturated rings. The maximum absolute atomic E-state index is 14.4. The Morgan fingerprint density at radius 2 is 1.73 bits per heavy atom. The summed E-state index contributed by atoms with van der Waals surface area (Å²) in [4.78, 5) is 75.8. The van der Waals surface area contributed by atoms with Gasteiger partial charge in [-0.1, -0.05) is 35.3 Å². The third-order valence-corrected chi connectivity index (χ3v) is 9.60. The molecule has 3 aliphatic rings. The number of carboxylic acid groups (broad SMARTS) is 1. The Kier molecular flexibility index (Phi) is 9.02. The normalized spacial score (nSPS) is 20.8. The fourth-order valence-electron chi connectivity index (χ4n) is 6.53. The highest BCUT2D eigenvalue weighted by atomic mass is 35.5. The lowest BCUT2D eigenvalue weighted by molar-refractivity contribution is -0.154. The van der Waals surface area contributed by atoms with Crippen molar-refractivity contribution in [2.45, 2.75) is 69.7 Å². The first-order chi connectivity index (χ1) is 24.0. The molecular formula is C35H35Cl2N7O7. The van der Waals surface area contributed by atoms with E-state index in [1.165, 1.54) is 31.5 Å². The van der Waals surface area contributed by atoms with Crippen molar-refractivity contribution in [2.24, 2.45) is 0 Å². The van der Waals surface area contributed by atoms with Gasteiger partial charge in [-0.05, 0) is 76.4 Å². The number of hydrogen-bond donors (Lipinski definition) is 2. The number of piperazine rings is 1. The van der Waals surface area contributed by atoms with Crippen LogP contribution in [0.25, 0.3) is 0 Å². The number of halogens is 2. The van der Waals surface area contributed by atoms with Gasteiger partial charge in [-0.3, -0.25) is 19.0 Å². The van der Waals surface area contributed by atoms with Crippen LogP contribution in [0.1, 0.15) is 62.2 Å². The van der Waals surface area contributed by atoms with Crippen LogP contribution in [0.4, 0.5) is 16.4 Å². The van der Waals surface area contributed by atoms with E-state index in [9.17, 15) is 34.3 Å². The second-order valence-corrected chi connectivity index (χ2v) is 15.0. The minimum absolute atomic E-state index is 0.00581. The number of carbonyl (C=O) groups is 5. The number of ether oxygens (including phenoxy) is 1. The van der Waals surface area contributed by atoms with E-state index in [0.29, 0.717) is 16.8 Å². The predicted molar refractivity (Wildman–Crippen MR) is 185 cm³/mol. The SMILES string of the molecule is CC(C)(C)OC(=O)N1CCN(C(=O)C2(NC(=O)c3cnc4n3C(C)(Cc3ccc(C#N)cc3)C(=O)N4c3cc(Cl)cc(Cl)c3)CC2)C(C(=O)O)C1. The van der Waals surface area contributed by atoms with Crippen LogP contribution in [0.15, 0.2) is 48.7 Å². The van der Waals surface area contributed by atoms with Crippen molar-refractivity contribution in [1.82, 2.24) is 24.7 Å². The first-order valence-electron chi connectivity index (χ1n) is 16.2. The summed E-state index contributed by atoms with van der Waals surface area (Å²) in [6.45, 7) is 6.45. The molecule has 1 aromatic heterocycles. The molecule has 0 spiro atoms. The topological polar surface area (TPSA) is 178 Å². The van der Waals surface area contributed by atoms with Crippen LogP contribution in [0, 0.1) is 11.3 Å². The molecule has 6 rings (SSSR count). The highest BCUT2D eigenvalue weighted by molar-refractivity contribution is 6.35. The molecular weight excluding hydrogens is 701 g/mol. The van der Waals surface area contributed by atoms with Crippen LogP contribution in [0.5, 0.6) is 0 Å². The number of rotatable bonds is 7. The molecule has 1 aliphatic carbocycles. The van der Waals surface area contributed by atoms with Crippen LogP contribution >= 0.6 is 23.2 Å². The van der Waals surface area contributed by atoms with Crippen molar-refractivity contribution in [3.05, 3.63) is 75.5 Å². The quantitative estimate of drug-likeness (QED) is 0.354. The average molecular weight is 737 g/mol. The molecule has 0 bridgehead atoms. The number of aromatic nitrogens is 2. The lowest BCUT2D eigenvalue weighted by Gasteiger charge is -2.41. The Balaban J connectivity index is 1.30. The van der Waals surface area contributed by atoms with Gasteiger partial charge in [0.25, 0.3) is 11.8 Å². The fraction of sp³-hybridized carbons (Fsp3) is 0.400. The van der Waals surface area contributed by atoms with Crippen LogP contribution < -0.4 is 10.2 Å². The number of fused-ring (bicyclic) bond motifs is 1. The molecule has 3 heterocycles. The molecule has 16 heteroatoms. The molecule has 266 valence electrons. The van der Waals surface area contributed by atoms with Gasteiger partial charge in [-0.25, -0.2) is 19.5 Å². The number of nitrogens with zero attached hydrogens (tertiary/aromatic N) is 6. The second-order valence-electron chi connectivity index (χ2n) is 14.1. The van der Waals surface area contributed by atoms with Gasteiger partial charge in [0.1, 0.15) is 28.4 Å². The van der Waals surface area contributed by atoms with Gasteiger partial charge < -0.3 is 25.0 Å². The van der Waals surface area contributed by atoms with E-state index in [1.807, 2.05) is 0 Å². The van der Waals surface area contributed by atoms with Gasteiger partial charge in [0.05, 0.1) is 30.1 Å². The van der Waals surface area contributed by atoms with Crippen molar-refractivity contribution in [2.75, 3.05) is 24.5 Å². The zero-order valence-electron chi connectivity index (χ0n) is 28.3. The van der Waals surface area contributed by atoms with Crippen molar-refractivity contribution in [3.63, 3.8) is 0 Å². The Morgan fingerprint density at radius 3 is 2.29 bits per heavy atom. The van der Waals surface area contributed by atoms with Crippen LogP contribution in [0.2, 0.25) is 10.0 Å². The van der Waals surface area contributed by atoms with Gasteiger partial charge in [0.15, 0.2) is 0 Å². The van der Waals surface area contributed by atoms with Gasteiger partial charge >= 0.3 is 12.1 Å². The summed E-state index contributed by atoms with van der Waals surface area (Å²) in [5.74, 6) is -2.87. The summed E-state index contributed by atoms with van der Waals surface area (Å²) in [5.41, 5.74) is -2.12. The van der Waals surface area contributed by atoms with Gasteiger partial charge in [0, 0.05) is 29.6 Å². The Bertz CT molecular complexity index is 1980. The zero-order valence-corrected chi connectivity index (χ0v) is 29.8. The molecule has 1 saturated heterocycles. The number of carboxylic acids is 1. The average Bonchev–Trinajstić information content (AvgIpc) is 3.64. The first kappa shape index (κ1) is 35.7. The standard InChI is InChI=1S/C35H35Cl2N7O7/c1-33(2,3)51-32(50)41-11-12-42(26(19-41)28(46)47)30(49)35(9-10-35)40-27(45)25-18-39-31-43(24-14-22(36)13-23(37)15-24)29(48)34(4,44(25)31)16-20-5-7-21(17-38)8-6-20/h5-8,13-15,18,26H,9-12,16,19H2,1-4H3,(H,40,45)(H,46,47). The first-order valence-corrected chi connectivity index (χ1v) is 16.9. The highest BCUT2D eigenvalue weighted by Crippen LogP contribution is 2.44. The number of nitrogens with one attached hydrogen (secondary N) is 1. The number of imidazole rings is 1. The van der Waals surface area contributed by atoms with Crippen LogP contribution in [-0.2, 0) is 31.1 Å². The van der Waals surface area contributed by atoms with E-state index in [2.05, 4.69) is 16.4 Å². The van der Waals surface area contributed by atoms with Gasteiger partial charge in [-0.2, -0.15) is 5.26 Å². The summed E-state index contributed by atoms with van der Waals surface area (Å²) < 4.78 is 6.91. The summed E-state index contributed by atoms with van der Waals surface area (Å²) in [7, 11) is 0. The van der Waals surface area contributed by atoms with Gasteiger partial charge in [0.2, 0.25) is 11.9 Å². The predicted octanol–water partition coefficient (Wildman–Crippen LogP) is 4.49. The third kappa shape index (κ3) is 6.71. The van der Waals surface area contributed by atoms with Crippen molar-refractivity contribution in [3.8, 4) is 6.07 Å². The molecule has 14 nitrogen and oxygen atoms in total. The fourth-order valence-corrected chi connectivity index (χ4v) is 7.04. The molecule has 2 unspecified atom stereocenters. The maximum atomic E-state index is 14.4. The lowest BCUT2D eigenvalue weighted by Crippen LogP contribution is -2.63. The van der Waals surface area contributed by atoms with E-state index >= 15 is 0 Å².